The van der Waals surface area contributed by atoms with Gasteiger partial charge in [-0.3, -0.25) is 4.98 Å². The zero-order valence-corrected chi connectivity index (χ0v) is 16.1. The van der Waals surface area contributed by atoms with Crippen LogP contribution in [0.2, 0.25) is 0 Å². The van der Waals surface area contributed by atoms with Crippen LogP contribution in [0.3, 0.4) is 0 Å². The Morgan fingerprint density at radius 2 is 1.73 bits per heavy atom. The summed E-state index contributed by atoms with van der Waals surface area (Å²) in [6.45, 7) is 2.48. The van der Waals surface area contributed by atoms with E-state index < -0.39 is 17.6 Å². The monoisotopic (exact) mass is 417 g/mol. The minimum Gasteiger partial charge on any atom is -0.351 e. The van der Waals surface area contributed by atoms with Crippen LogP contribution in [0, 0.1) is 5.82 Å². The highest BCUT2D eigenvalue weighted by Gasteiger charge is 2.33. The molecule has 0 atom stereocenters. The van der Waals surface area contributed by atoms with Gasteiger partial charge >= 0.3 is 6.18 Å². The molecule has 2 aliphatic heterocycles. The van der Waals surface area contributed by atoms with Crippen molar-refractivity contribution in [3.8, 4) is 0 Å². The Morgan fingerprint density at radius 1 is 0.933 bits per heavy atom. The standard InChI is InChI=1S/C21H19F4N5/c22-15-3-4-18-16(10-15)19(28-20(27-18)29-6-1-2-7-29)30-8-5-17-13(12-30)9-14(11-26-17)21(23,24)25/h3-4,9-11H,1-2,5-8,12H2. The van der Waals surface area contributed by atoms with Gasteiger partial charge in [0, 0.05) is 49.9 Å². The summed E-state index contributed by atoms with van der Waals surface area (Å²) in [6.07, 6.45) is -0.951. The number of halogens is 4. The molecule has 1 saturated heterocycles. The number of hydrogen-bond donors (Lipinski definition) is 0. The summed E-state index contributed by atoms with van der Waals surface area (Å²) in [4.78, 5) is 17.3. The van der Waals surface area contributed by atoms with Crippen molar-refractivity contribution >= 4 is 22.7 Å². The van der Waals surface area contributed by atoms with Gasteiger partial charge in [0.2, 0.25) is 5.95 Å². The lowest BCUT2D eigenvalue weighted by molar-refractivity contribution is -0.137. The van der Waals surface area contributed by atoms with Crippen molar-refractivity contribution in [3.05, 3.63) is 53.1 Å². The van der Waals surface area contributed by atoms with Crippen LogP contribution in [0.1, 0.15) is 29.7 Å². The molecule has 2 aliphatic rings. The van der Waals surface area contributed by atoms with E-state index in [-0.39, 0.29) is 6.54 Å². The molecule has 0 N–H and O–H groups in total. The fourth-order valence-corrected chi connectivity index (χ4v) is 4.13. The van der Waals surface area contributed by atoms with Gasteiger partial charge in [-0.15, -0.1) is 0 Å². The molecule has 156 valence electrons. The molecule has 9 heteroatoms. The van der Waals surface area contributed by atoms with Crippen LogP contribution in [0.15, 0.2) is 30.5 Å². The predicted molar refractivity (Wildman–Crippen MR) is 105 cm³/mol. The van der Waals surface area contributed by atoms with E-state index in [2.05, 4.69) is 14.9 Å². The van der Waals surface area contributed by atoms with Gasteiger partial charge in [-0.25, -0.2) is 9.37 Å². The molecule has 0 spiro atoms. The normalized spacial score (nSPS) is 16.9. The van der Waals surface area contributed by atoms with Crippen molar-refractivity contribution in [2.75, 3.05) is 29.4 Å². The zero-order chi connectivity index (χ0) is 20.9. The van der Waals surface area contributed by atoms with Crippen molar-refractivity contribution < 1.29 is 17.6 Å². The van der Waals surface area contributed by atoms with Crippen molar-refractivity contribution in [2.45, 2.75) is 32.0 Å². The van der Waals surface area contributed by atoms with E-state index in [1.165, 1.54) is 12.1 Å². The summed E-state index contributed by atoms with van der Waals surface area (Å²) in [5, 5.41) is 0.557. The smallest absolute Gasteiger partial charge is 0.351 e. The molecular weight excluding hydrogens is 398 g/mol. The molecule has 0 bridgehead atoms. The van der Waals surface area contributed by atoms with Gasteiger partial charge in [-0.2, -0.15) is 18.2 Å². The lowest BCUT2D eigenvalue weighted by Gasteiger charge is -2.31. The maximum Gasteiger partial charge on any atom is 0.417 e. The summed E-state index contributed by atoms with van der Waals surface area (Å²) in [6, 6.07) is 5.52. The Balaban J connectivity index is 1.58. The third-order valence-electron chi connectivity index (χ3n) is 5.68. The minimum atomic E-state index is -4.45. The van der Waals surface area contributed by atoms with Crippen LogP contribution < -0.4 is 9.80 Å². The van der Waals surface area contributed by atoms with E-state index >= 15 is 0 Å². The maximum atomic E-state index is 14.0. The van der Waals surface area contributed by atoms with Gasteiger partial charge in [0.15, 0.2) is 0 Å². The van der Waals surface area contributed by atoms with Crippen LogP contribution >= 0.6 is 0 Å². The molecule has 0 amide bonds. The SMILES string of the molecule is Fc1ccc2nc(N3CCCC3)nc(N3CCc4ncc(C(F)(F)F)cc4C3)c2c1. The van der Waals surface area contributed by atoms with Crippen molar-refractivity contribution in [1.82, 2.24) is 15.0 Å². The fourth-order valence-electron chi connectivity index (χ4n) is 4.13. The number of aromatic nitrogens is 3. The topological polar surface area (TPSA) is 45.2 Å². The minimum absolute atomic E-state index is 0.230. The Hall–Kier alpha value is -2.97. The molecule has 30 heavy (non-hydrogen) atoms. The summed E-state index contributed by atoms with van der Waals surface area (Å²) in [7, 11) is 0. The molecule has 1 aromatic carbocycles. The third-order valence-corrected chi connectivity index (χ3v) is 5.68. The van der Waals surface area contributed by atoms with E-state index in [0.717, 1.165) is 38.2 Å². The Bertz CT molecular complexity index is 1110. The average molecular weight is 417 g/mol. The van der Waals surface area contributed by atoms with Crippen LogP contribution in [-0.2, 0) is 19.1 Å². The van der Waals surface area contributed by atoms with Gasteiger partial charge in [-0.1, -0.05) is 0 Å². The quantitative estimate of drug-likeness (QED) is 0.581. The molecule has 0 radical (unpaired) electrons. The molecule has 0 unspecified atom stereocenters. The van der Waals surface area contributed by atoms with Crippen molar-refractivity contribution in [3.63, 3.8) is 0 Å². The second-order valence-electron chi connectivity index (χ2n) is 7.70. The number of pyridine rings is 1. The summed E-state index contributed by atoms with van der Waals surface area (Å²) >= 11 is 0. The molecule has 0 aliphatic carbocycles. The lowest BCUT2D eigenvalue weighted by Crippen LogP contribution is -2.33. The first-order valence-electron chi connectivity index (χ1n) is 9.91. The van der Waals surface area contributed by atoms with Gasteiger partial charge in [0.25, 0.3) is 0 Å². The van der Waals surface area contributed by atoms with Crippen molar-refractivity contribution in [1.29, 1.82) is 0 Å². The third kappa shape index (κ3) is 3.42. The largest absolute Gasteiger partial charge is 0.417 e. The molecule has 0 saturated carbocycles. The number of fused-ring (bicyclic) bond motifs is 2. The van der Waals surface area contributed by atoms with Gasteiger partial charge in [0.1, 0.15) is 11.6 Å². The second kappa shape index (κ2) is 7.07. The van der Waals surface area contributed by atoms with E-state index in [1.54, 1.807) is 6.07 Å². The summed E-state index contributed by atoms with van der Waals surface area (Å²) in [5.74, 6) is 0.721. The Labute approximate surface area is 170 Å². The van der Waals surface area contributed by atoms with Gasteiger partial charge < -0.3 is 9.80 Å². The molecule has 2 aromatic heterocycles. The van der Waals surface area contributed by atoms with Gasteiger partial charge in [0.05, 0.1) is 11.1 Å². The van der Waals surface area contributed by atoms with Gasteiger partial charge in [-0.05, 0) is 42.7 Å². The molecule has 5 nitrogen and oxygen atoms in total. The number of alkyl halides is 3. The van der Waals surface area contributed by atoms with Crippen LogP contribution in [0.25, 0.3) is 10.9 Å². The highest BCUT2D eigenvalue weighted by Crippen LogP contribution is 2.34. The number of hydrogen-bond acceptors (Lipinski definition) is 5. The first-order valence-corrected chi connectivity index (χ1v) is 9.91. The zero-order valence-electron chi connectivity index (χ0n) is 16.1. The van der Waals surface area contributed by atoms with Crippen LogP contribution in [-0.4, -0.2) is 34.6 Å². The Morgan fingerprint density at radius 3 is 2.50 bits per heavy atom. The lowest BCUT2D eigenvalue weighted by atomic mass is 10.0. The van der Waals surface area contributed by atoms with E-state index in [1.807, 2.05) is 4.90 Å². The van der Waals surface area contributed by atoms with E-state index in [0.29, 0.717) is 46.9 Å². The predicted octanol–water partition coefficient (Wildman–Crippen LogP) is 4.35. The summed E-state index contributed by atoms with van der Waals surface area (Å²) < 4.78 is 53.4. The number of anilines is 2. The van der Waals surface area contributed by atoms with Crippen molar-refractivity contribution in [2.24, 2.45) is 0 Å². The first kappa shape index (κ1) is 19.0. The number of rotatable bonds is 2. The molecular formula is C21H19F4N5. The Kier molecular flexibility index (Phi) is 4.48. The van der Waals surface area contributed by atoms with E-state index in [4.69, 9.17) is 4.98 Å². The molecule has 1 fully saturated rings. The average Bonchev–Trinajstić information content (AvgIpc) is 3.26. The molecule has 4 heterocycles. The number of benzene rings is 1. The number of nitrogens with zero attached hydrogens (tertiary/aromatic N) is 5. The highest BCUT2D eigenvalue weighted by atomic mass is 19.4. The van der Waals surface area contributed by atoms with E-state index in [9.17, 15) is 17.6 Å². The molecule has 3 aromatic rings. The maximum absolute atomic E-state index is 14.0. The highest BCUT2D eigenvalue weighted by molar-refractivity contribution is 5.90. The second-order valence-corrected chi connectivity index (χ2v) is 7.70. The molecule has 5 rings (SSSR count). The van der Waals surface area contributed by atoms with Crippen LogP contribution in [0.4, 0.5) is 29.3 Å². The first-order chi connectivity index (χ1) is 14.4. The summed E-state index contributed by atoms with van der Waals surface area (Å²) in [5.41, 5.74) is 1.03. The fraction of sp³-hybridized carbons (Fsp3) is 0.381. The van der Waals surface area contributed by atoms with Crippen LogP contribution in [0.5, 0.6) is 0 Å².